The highest BCUT2D eigenvalue weighted by Gasteiger charge is 2.12. The number of aliphatic carboxylic acids is 1. The van der Waals surface area contributed by atoms with Crippen molar-refractivity contribution < 1.29 is 19.4 Å². The van der Waals surface area contributed by atoms with Crippen LogP contribution < -0.4 is 10.1 Å². The van der Waals surface area contributed by atoms with Crippen LogP contribution in [-0.2, 0) is 9.59 Å². The van der Waals surface area contributed by atoms with Crippen molar-refractivity contribution in [2.75, 3.05) is 13.2 Å². The number of carbonyl (C=O) groups excluding carboxylic acids is 1. The molecule has 0 heterocycles. The highest BCUT2D eigenvalue weighted by molar-refractivity contribution is 6.32. The summed E-state index contributed by atoms with van der Waals surface area (Å²) in [6, 6.07) is 3.50. The average molecular weight is 300 g/mol. The summed E-state index contributed by atoms with van der Waals surface area (Å²) in [5.74, 6) is -1.37. The van der Waals surface area contributed by atoms with Crippen LogP contribution in [0.1, 0.15) is 18.1 Å². The van der Waals surface area contributed by atoms with E-state index in [-0.39, 0.29) is 19.1 Å². The van der Waals surface area contributed by atoms with E-state index in [4.69, 9.17) is 21.4 Å². The van der Waals surface area contributed by atoms with Crippen LogP contribution in [0.25, 0.3) is 0 Å². The molecule has 0 radical (unpaired) electrons. The minimum atomic E-state index is -0.949. The highest BCUT2D eigenvalue weighted by Crippen LogP contribution is 2.25. The Bertz CT molecular complexity index is 493. The summed E-state index contributed by atoms with van der Waals surface area (Å²) in [4.78, 5) is 22.1. The van der Waals surface area contributed by atoms with Gasteiger partial charge in [-0.2, -0.15) is 0 Å². The first-order chi connectivity index (χ1) is 9.31. The lowest BCUT2D eigenvalue weighted by molar-refractivity contribution is -0.141. The van der Waals surface area contributed by atoms with Gasteiger partial charge in [-0.05, 0) is 37.1 Å². The van der Waals surface area contributed by atoms with Gasteiger partial charge in [0, 0.05) is 11.6 Å². The second kappa shape index (κ2) is 7.14. The van der Waals surface area contributed by atoms with Crippen molar-refractivity contribution >= 4 is 23.5 Å². The molecule has 20 heavy (non-hydrogen) atoms. The molecule has 0 saturated carbocycles. The molecule has 1 unspecified atom stereocenters. The number of benzene rings is 1. The predicted molar refractivity (Wildman–Crippen MR) is 76.2 cm³/mol. The molecule has 0 aromatic heterocycles. The van der Waals surface area contributed by atoms with Gasteiger partial charge in [-0.1, -0.05) is 18.5 Å². The molecule has 0 saturated heterocycles. The molecule has 0 aliphatic carbocycles. The fourth-order valence-corrected chi connectivity index (χ4v) is 1.65. The van der Waals surface area contributed by atoms with Gasteiger partial charge in [0.05, 0.1) is 5.92 Å². The molecule has 1 atom stereocenters. The number of hydrogen-bond donors (Lipinski definition) is 2. The number of halogens is 1. The molecule has 1 amide bonds. The lowest BCUT2D eigenvalue weighted by Crippen LogP contribution is -2.34. The van der Waals surface area contributed by atoms with Crippen LogP contribution in [0, 0.1) is 19.8 Å². The summed E-state index contributed by atoms with van der Waals surface area (Å²) in [5, 5.41) is 11.9. The molecule has 0 fully saturated rings. The molecule has 0 aliphatic heterocycles. The number of carboxylic acids is 1. The Kier molecular flexibility index (Phi) is 5.82. The lowest BCUT2D eigenvalue weighted by Gasteiger charge is -2.11. The van der Waals surface area contributed by atoms with Gasteiger partial charge < -0.3 is 15.2 Å². The zero-order valence-corrected chi connectivity index (χ0v) is 12.5. The van der Waals surface area contributed by atoms with Crippen LogP contribution in [-0.4, -0.2) is 30.1 Å². The van der Waals surface area contributed by atoms with Crippen LogP contribution in [0.2, 0.25) is 5.02 Å². The van der Waals surface area contributed by atoms with E-state index in [9.17, 15) is 9.59 Å². The predicted octanol–water partition coefficient (Wildman–Crippen LogP) is 2.17. The smallest absolute Gasteiger partial charge is 0.308 e. The summed E-state index contributed by atoms with van der Waals surface area (Å²) >= 11 is 6.04. The maximum Gasteiger partial charge on any atom is 0.308 e. The van der Waals surface area contributed by atoms with Gasteiger partial charge in [0.1, 0.15) is 5.75 Å². The molecule has 110 valence electrons. The zero-order valence-electron chi connectivity index (χ0n) is 11.7. The first kappa shape index (κ1) is 16.3. The summed E-state index contributed by atoms with van der Waals surface area (Å²) in [6.45, 7) is 5.16. The number of carbonyl (C=O) groups is 2. The molecule has 6 heteroatoms. The van der Waals surface area contributed by atoms with E-state index in [1.54, 1.807) is 12.1 Å². The maximum absolute atomic E-state index is 11.5. The minimum absolute atomic E-state index is 0.0796. The van der Waals surface area contributed by atoms with Gasteiger partial charge in [0.2, 0.25) is 0 Å². The number of aryl methyl sites for hydroxylation is 2. The third-order valence-electron chi connectivity index (χ3n) is 2.81. The van der Waals surface area contributed by atoms with Gasteiger partial charge in [-0.3, -0.25) is 9.59 Å². The second-order valence-corrected chi connectivity index (χ2v) is 5.08. The van der Waals surface area contributed by atoms with Gasteiger partial charge in [0.15, 0.2) is 6.61 Å². The van der Waals surface area contributed by atoms with E-state index in [2.05, 4.69) is 5.32 Å². The Morgan fingerprint density at radius 1 is 1.35 bits per heavy atom. The molecule has 1 aromatic carbocycles. The van der Waals surface area contributed by atoms with Crippen molar-refractivity contribution in [3.05, 3.63) is 28.3 Å². The van der Waals surface area contributed by atoms with Crippen molar-refractivity contribution in [2.45, 2.75) is 20.8 Å². The van der Waals surface area contributed by atoms with Gasteiger partial charge >= 0.3 is 5.97 Å². The third-order valence-corrected chi connectivity index (χ3v) is 3.40. The molecule has 0 aliphatic rings. The average Bonchev–Trinajstić information content (AvgIpc) is 2.39. The summed E-state index contributed by atoms with van der Waals surface area (Å²) in [6.07, 6.45) is 0. The SMILES string of the molecule is Cc1cc(OCC(=O)NCC(C)C(=O)O)cc(C)c1Cl. The highest BCUT2D eigenvalue weighted by atomic mass is 35.5. The molecule has 1 rings (SSSR count). The molecule has 0 spiro atoms. The Balaban J connectivity index is 2.47. The van der Waals surface area contributed by atoms with E-state index in [0.29, 0.717) is 10.8 Å². The topological polar surface area (TPSA) is 75.6 Å². The van der Waals surface area contributed by atoms with Gasteiger partial charge in [0.25, 0.3) is 5.91 Å². The van der Waals surface area contributed by atoms with E-state index in [1.807, 2.05) is 13.8 Å². The molecule has 5 nitrogen and oxygen atoms in total. The van der Waals surface area contributed by atoms with E-state index in [1.165, 1.54) is 6.92 Å². The third kappa shape index (κ3) is 4.74. The van der Waals surface area contributed by atoms with Gasteiger partial charge in [-0.25, -0.2) is 0 Å². The first-order valence-corrected chi connectivity index (χ1v) is 6.58. The Morgan fingerprint density at radius 3 is 2.40 bits per heavy atom. The number of rotatable bonds is 6. The van der Waals surface area contributed by atoms with E-state index >= 15 is 0 Å². The van der Waals surface area contributed by atoms with Gasteiger partial charge in [-0.15, -0.1) is 0 Å². The van der Waals surface area contributed by atoms with Crippen molar-refractivity contribution in [1.29, 1.82) is 0 Å². The molecular formula is C14H18ClNO4. The normalized spacial score (nSPS) is 11.8. The van der Waals surface area contributed by atoms with E-state index < -0.39 is 11.9 Å². The maximum atomic E-state index is 11.5. The standard InChI is InChI=1S/C14H18ClNO4/c1-8-4-11(5-9(2)13(8)15)20-7-12(17)16-6-10(3)14(18)19/h4-5,10H,6-7H2,1-3H3,(H,16,17)(H,18,19). The molecular weight excluding hydrogens is 282 g/mol. The number of amides is 1. The summed E-state index contributed by atoms with van der Waals surface area (Å²) in [5.41, 5.74) is 1.75. The van der Waals surface area contributed by atoms with E-state index in [0.717, 1.165) is 11.1 Å². The zero-order chi connectivity index (χ0) is 15.3. The summed E-state index contributed by atoms with van der Waals surface area (Å²) in [7, 11) is 0. The first-order valence-electron chi connectivity index (χ1n) is 6.20. The molecule has 2 N–H and O–H groups in total. The number of nitrogens with one attached hydrogen (secondary N) is 1. The van der Waals surface area contributed by atoms with Crippen molar-refractivity contribution in [1.82, 2.24) is 5.32 Å². The summed E-state index contributed by atoms with van der Waals surface area (Å²) < 4.78 is 5.36. The second-order valence-electron chi connectivity index (χ2n) is 4.70. The number of carboxylic acid groups (broad SMARTS) is 1. The fraction of sp³-hybridized carbons (Fsp3) is 0.429. The monoisotopic (exact) mass is 299 g/mol. The van der Waals surface area contributed by atoms with Crippen LogP contribution in [0.15, 0.2) is 12.1 Å². The Morgan fingerprint density at radius 2 is 1.90 bits per heavy atom. The fourth-order valence-electron chi connectivity index (χ4n) is 1.54. The molecule has 1 aromatic rings. The minimum Gasteiger partial charge on any atom is -0.484 e. The van der Waals surface area contributed by atoms with Crippen LogP contribution >= 0.6 is 11.6 Å². The van der Waals surface area contributed by atoms with Crippen molar-refractivity contribution in [3.8, 4) is 5.75 Å². The van der Waals surface area contributed by atoms with Crippen molar-refractivity contribution in [2.24, 2.45) is 5.92 Å². The number of hydrogen-bond acceptors (Lipinski definition) is 3. The van der Waals surface area contributed by atoms with Crippen molar-refractivity contribution in [3.63, 3.8) is 0 Å². The van der Waals surface area contributed by atoms with Crippen LogP contribution in [0.4, 0.5) is 0 Å². The molecule has 0 bridgehead atoms. The largest absolute Gasteiger partial charge is 0.484 e. The lowest BCUT2D eigenvalue weighted by atomic mass is 10.1. The Hall–Kier alpha value is -1.75. The number of ether oxygens (including phenoxy) is 1. The Labute approximate surface area is 122 Å². The van der Waals surface area contributed by atoms with Crippen LogP contribution in [0.3, 0.4) is 0 Å². The quantitative estimate of drug-likeness (QED) is 0.844. The van der Waals surface area contributed by atoms with Crippen LogP contribution in [0.5, 0.6) is 5.75 Å².